The monoisotopic (exact) mass is 305 g/mol. The predicted octanol–water partition coefficient (Wildman–Crippen LogP) is 3.53. The third-order valence-corrected chi connectivity index (χ3v) is 3.39. The largest absolute Gasteiger partial charge is 0.321 e. The van der Waals surface area contributed by atoms with Gasteiger partial charge in [-0.25, -0.2) is 4.98 Å². The quantitative estimate of drug-likeness (QED) is 0.787. The summed E-state index contributed by atoms with van der Waals surface area (Å²) in [5, 5.41) is 1.07. The van der Waals surface area contributed by atoms with Crippen molar-refractivity contribution >= 4 is 23.2 Å². The predicted molar refractivity (Wildman–Crippen MR) is 79.6 cm³/mol. The lowest BCUT2D eigenvalue weighted by atomic mass is 10.2. The average molecular weight is 306 g/mol. The molecule has 0 saturated carbocycles. The van der Waals surface area contributed by atoms with Gasteiger partial charge in [-0.3, -0.25) is 9.36 Å². The van der Waals surface area contributed by atoms with Gasteiger partial charge in [0.1, 0.15) is 0 Å². The molecule has 20 heavy (non-hydrogen) atoms. The second-order valence-electron chi connectivity index (χ2n) is 4.17. The van der Waals surface area contributed by atoms with Crippen molar-refractivity contribution in [3.05, 3.63) is 69.3 Å². The standard InChI is InChI=1S/C14H9Cl2N3O/c15-9-4-5-12(10(16)6-9)19-8-17-7-13(19)11-2-1-3-14(20)18-11/h1-8H,(H,18,20). The number of benzene rings is 1. The number of hydrogen-bond donors (Lipinski definition) is 1. The molecule has 0 saturated heterocycles. The summed E-state index contributed by atoms with van der Waals surface area (Å²) in [5.41, 5.74) is 1.98. The molecule has 0 atom stereocenters. The van der Waals surface area contributed by atoms with Crippen molar-refractivity contribution in [3.63, 3.8) is 0 Å². The van der Waals surface area contributed by atoms with E-state index in [-0.39, 0.29) is 5.56 Å². The molecule has 0 amide bonds. The van der Waals surface area contributed by atoms with E-state index in [1.54, 1.807) is 47.4 Å². The van der Waals surface area contributed by atoms with E-state index in [1.807, 2.05) is 0 Å². The van der Waals surface area contributed by atoms with E-state index in [2.05, 4.69) is 9.97 Å². The number of aromatic amines is 1. The van der Waals surface area contributed by atoms with Gasteiger partial charge in [0.2, 0.25) is 5.56 Å². The van der Waals surface area contributed by atoms with E-state index in [0.717, 1.165) is 11.4 Å². The van der Waals surface area contributed by atoms with Gasteiger partial charge in [0.05, 0.1) is 34.6 Å². The number of H-pyrrole nitrogens is 1. The lowest BCUT2D eigenvalue weighted by Gasteiger charge is -2.10. The second kappa shape index (κ2) is 5.15. The minimum absolute atomic E-state index is 0.169. The second-order valence-corrected chi connectivity index (χ2v) is 5.02. The summed E-state index contributed by atoms with van der Waals surface area (Å²) in [6, 6.07) is 10.2. The summed E-state index contributed by atoms with van der Waals surface area (Å²) < 4.78 is 1.80. The van der Waals surface area contributed by atoms with Crippen LogP contribution in [-0.2, 0) is 0 Å². The van der Waals surface area contributed by atoms with Gasteiger partial charge in [-0.05, 0) is 24.3 Å². The molecule has 2 heterocycles. The number of hydrogen-bond acceptors (Lipinski definition) is 2. The van der Waals surface area contributed by atoms with Crippen LogP contribution < -0.4 is 5.56 Å². The van der Waals surface area contributed by atoms with Gasteiger partial charge in [0.25, 0.3) is 0 Å². The first kappa shape index (κ1) is 13.0. The van der Waals surface area contributed by atoms with E-state index in [4.69, 9.17) is 23.2 Å². The minimum Gasteiger partial charge on any atom is -0.321 e. The Morgan fingerprint density at radius 1 is 1.15 bits per heavy atom. The SMILES string of the molecule is O=c1cccc(-c2cncn2-c2ccc(Cl)cc2Cl)[nH]1. The summed E-state index contributed by atoms with van der Waals surface area (Å²) in [6.45, 7) is 0. The highest BCUT2D eigenvalue weighted by molar-refractivity contribution is 6.35. The topological polar surface area (TPSA) is 50.7 Å². The van der Waals surface area contributed by atoms with E-state index in [9.17, 15) is 4.79 Å². The summed E-state index contributed by atoms with van der Waals surface area (Å²) >= 11 is 12.1. The molecule has 0 bridgehead atoms. The van der Waals surface area contributed by atoms with Crippen LogP contribution >= 0.6 is 23.2 Å². The van der Waals surface area contributed by atoms with Gasteiger partial charge >= 0.3 is 0 Å². The highest BCUT2D eigenvalue weighted by atomic mass is 35.5. The molecule has 0 radical (unpaired) electrons. The van der Waals surface area contributed by atoms with Crippen LogP contribution in [0, 0.1) is 0 Å². The fourth-order valence-electron chi connectivity index (χ4n) is 1.96. The normalized spacial score (nSPS) is 10.7. The van der Waals surface area contributed by atoms with Crippen molar-refractivity contribution in [3.8, 4) is 17.1 Å². The molecule has 0 fully saturated rings. The lowest BCUT2D eigenvalue weighted by molar-refractivity contribution is 1.05. The Kier molecular flexibility index (Phi) is 3.34. The van der Waals surface area contributed by atoms with Crippen LogP contribution in [0.1, 0.15) is 0 Å². The van der Waals surface area contributed by atoms with Crippen molar-refractivity contribution in [2.45, 2.75) is 0 Å². The molecule has 0 aliphatic heterocycles. The maximum atomic E-state index is 11.4. The Balaban J connectivity index is 2.17. The summed E-state index contributed by atoms with van der Waals surface area (Å²) in [4.78, 5) is 18.3. The van der Waals surface area contributed by atoms with Crippen molar-refractivity contribution in [2.24, 2.45) is 0 Å². The Morgan fingerprint density at radius 2 is 2.00 bits per heavy atom. The van der Waals surface area contributed by atoms with E-state index in [0.29, 0.717) is 15.7 Å². The van der Waals surface area contributed by atoms with Crippen LogP contribution in [0.15, 0.2) is 53.7 Å². The van der Waals surface area contributed by atoms with E-state index in [1.165, 1.54) is 6.07 Å². The van der Waals surface area contributed by atoms with Crippen LogP contribution in [0.2, 0.25) is 10.0 Å². The van der Waals surface area contributed by atoms with E-state index >= 15 is 0 Å². The van der Waals surface area contributed by atoms with Gasteiger partial charge < -0.3 is 4.98 Å². The number of aromatic nitrogens is 3. The number of rotatable bonds is 2. The maximum Gasteiger partial charge on any atom is 0.248 e. The number of imidazole rings is 1. The van der Waals surface area contributed by atoms with Crippen molar-refractivity contribution < 1.29 is 0 Å². The van der Waals surface area contributed by atoms with Crippen LogP contribution in [-0.4, -0.2) is 14.5 Å². The van der Waals surface area contributed by atoms with Gasteiger partial charge in [0.15, 0.2) is 0 Å². The summed E-state index contributed by atoms with van der Waals surface area (Å²) in [6.07, 6.45) is 3.30. The fourth-order valence-corrected chi connectivity index (χ4v) is 2.46. The molecule has 6 heteroatoms. The zero-order valence-corrected chi connectivity index (χ0v) is 11.7. The Labute approximate surface area is 124 Å². The molecular formula is C14H9Cl2N3O. The number of pyridine rings is 1. The molecule has 100 valence electrons. The molecule has 0 aliphatic carbocycles. The summed E-state index contributed by atoms with van der Waals surface area (Å²) in [5.74, 6) is 0. The first-order chi connectivity index (χ1) is 9.65. The Hall–Kier alpha value is -2.04. The smallest absolute Gasteiger partial charge is 0.248 e. The third kappa shape index (κ3) is 2.35. The van der Waals surface area contributed by atoms with Gasteiger partial charge in [0, 0.05) is 11.1 Å². The van der Waals surface area contributed by atoms with Gasteiger partial charge in [-0.2, -0.15) is 0 Å². The number of nitrogens with one attached hydrogen (secondary N) is 1. The van der Waals surface area contributed by atoms with Crippen molar-refractivity contribution in [2.75, 3.05) is 0 Å². The van der Waals surface area contributed by atoms with Crippen molar-refractivity contribution in [1.29, 1.82) is 0 Å². The number of nitrogens with zero attached hydrogens (tertiary/aromatic N) is 2. The van der Waals surface area contributed by atoms with Crippen LogP contribution in [0.25, 0.3) is 17.1 Å². The zero-order valence-electron chi connectivity index (χ0n) is 10.2. The first-order valence-corrected chi connectivity index (χ1v) is 6.58. The number of halogens is 2. The molecule has 1 aromatic carbocycles. The molecule has 3 aromatic rings. The first-order valence-electron chi connectivity index (χ1n) is 5.82. The van der Waals surface area contributed by atoms with Gasteiger partial charge in [-0.1, -0.05) is 29.3 Å². The highest BCUT2D eigenvalue weighted by Gasteiger charge is 2.10. The molecular weight excluding hydrogens is 297 g/mol. The fraction of sp³-hybridized carbons (Fsp3) is 0. The van der Waals surface area contributed by atoms with E-state index < -0.39 is 0 Å². The average Bonchev–Trinajstić information content (AvgIpc) is 2.87. The molecule has 3 rings (SSSR count). The molecule has 0 unspecified atom stereocenters. The van der Waals surface area contributed by atoms with Crippen LogP contribution in [0.4, 0.5) is 0 Å². The molecule has 1 N–H and O–H groups in total. The third-order valence-electron chi connectivity index (χ3n) is 2.85. The zero-order chi connectivity index (χ0) is 14.1. The summed E-state index contributed by atoms with van der Waals surface area (Å²) in [7, 11) is 0. The van der Waals surface area contributed by atoms with Crippen LogP contribution in [0.5, 0.6) is 0 Å². The maximum absolute atomic E-state index is 11.4. The molecule has 4 nitrogen and oxygen atoms in total. The lowest BCUT2D eigenvalue weighted by Crippen LogP contribution is -2.05. The van der Waals surface area contributed by atoms with Crippen molar-refractivity contribution in [1.82, 2.24) is 14.5 Å². The molecule has 0 spiro atoms. The van der Waals surface area contributed by atoms with Crippen LogP contribution in [0.3, 0.4) is 0 Å². The molecule has 0 aliphatic rings. The Bertz CT molecular complexity index is 823. The minimum atomic E-state index is -0.169. The Morgan fingerprint density at radius 3 is 2.75 bits per heavy atom. The van der Waals surface area contributed by atoms with Gasteiger partial charge in [-0.15, -0.1) is 0 Å². The molecule has 2 aromatic heterocycles. The highest BCUT2D eigenvalue weighted by Crippen LogP contribution is 2.28.